The van der Waals surface area contributed by atoms with Gasteiger partial charge >= 0.3 is 0 Å². The second-order valence-corrected chi connectivity index (χ2v) is 5.03. The third-order valence-corrected chi connectivity index (χ3v) is 3.58. The van der Waals surface area contributed by atoms with Gasteiger partial charge in [-0.15, -0.1) is 6.42 Å². The average molecular weight is 257 g/mol. The second kappa shape index (κ2) is 7.11. The van der Waals surface area contributed by atoms with E-state index in [0.717, 1.165) is 38.9 Å². The molecule has 0 amide bonds. The molecule has 0 unspecified atom stereocenters. The van der Waals surface area contributed by atoms with Gasteiger partial charge in [-0.2, -0.15) is 0 Å². The Bertz CT molecular complexity index is 467. The Labute approximate surface area is 115 Å². The van der Waals surface area contributed by atoms with Crippen LogP contribution >= 0.6 is 0 Å². The minimum Gasteiger partial charge on any atom is -0.292 e. The van der Waals surface area contributed by atoms with Gasteiger partial charge in [0.15, 0.2) is 0 Å². The number of halogens is 1. The van der Waals surface area contributed by atoms with E-state index in [9.17, 15) is 4.39 Å². The molecule has 0 radical (unpaired) electrons. The highest BCUT2D eigenvalue weighted by atomic mass is 19.1. The van der Waals surface area contributed by atoms with E-state index < -0.39 is 0 Å². The summed E-state index contributed by atoms with van der Waals surface area (Å²) in [5, 5.41) is 0. The Balaban J connectivity index is 1.89. The molecule has 0 N–H and O–H groups in total. The van der Waals surface area contributed by atoms with Crippen molar-refractivity contribution in [3.8, 4) is 12.3 Å². The minimum absolute atomic E-state index is 0.171. The van der Waals surface area contributed by atoms with Crippen molar-refractivity contribution < 1.29 is 4.39 Å². The van der Waals surface area contributed by atoms with E-state index >= 15 is 0 Å². The smallest absolute Gasteiger partial charge is 0.123 e. The highest BCUT2D eigenvalue weighted by Gasteiger charge is 2.10. The quantitative estimate of drug-likeness (QED) is 0.592. The number of benzene rings is 1. The molecule has 1 nitrogen and oxygen atoms in total. The molecule has 100 valence electrons. The molecular weight excluding hydrogens is 237 g/mol. The van der Waals surface area contributed by atoms with Gasteiger partial charge < -0.3 is 0 Å². The van der Waals surface area contributed by atoms with Gasteiger partial charge in [-0.3, -0.25) is 4.90 Å². The molecule has 2 heteroatoms. The fourth-order valence-electron chi connectivity index (χ4n) is 2.44. The minimum atomic E-state index is -0.171. The van der Waals surface area contributed by atoms with Gasteiger partial charge in [0.1, 0.15) is 5.82 Å². The van der Waals surface area contributed by atoms with Crippen molar-refractivity contribution in [1.29, 1.82) is 0 Å². The maximum Gasteiger partial charge on any atom is 0.123 e. The van der Waals surface area contributed by atoms with E-state index in [2.05, 4.69) is 16.9 Å². The largest absolute Gasteiger partial charge is 0.292 e. The molecule has 1 heterocycles. The number of terminal acetylenes is 1. The van der Waals surface area contributed by atoms with Crippen LogP contribution in [-0.2, 0) is 6.42 Å². The SMILES string of the molecule is C#CCN1CCCC(=CCc2ccc(F)cc2)CC1. The monoisotopic (exact) mass is 257 g/mol. The normalized spacial score (nSPS) is 19.1. The Hall–Kier alpha value is -1.59. The van der Waals surface area contributed by atoms with Crippen LogP contribution in [0.3, 0.4) is 0 Å². The molecule has 2 rings (SSSR count). The first-order chi connectivity index (χ1) is 9.28. The third-order valence-electron chi connectivity index (χ3n) is 3.58. The van der Waals surface area contributed by atoms with E-state index in [-0.39, 0.29) is 5.82 Å². The lowest BCUT2D eigenvalue weighted by molar-refractivity contribution is 0.322. The number of allylic oxidation sites excluding steroid dienone is 1. The Morgan fingerprint density at radius 2 is 2.00 bits per heavy atom. The first-order valence-electron chi connectivity index (χ1n) is 6.86. The van der Waals surface area contributed by atoms with Crippen LogP contribution in [0.4, 0.5) is 4.39 Å². The van der Waals surface area contributed by atoms with Gasteiger partial charge in [-0.1, -0.05) is 29.7 Å². The van der Waals surface area contributed by atoms with Gasteiger partial charge in [0, 0.05) is 6.54 Å². The van der Waals surface area contributed by atoms with Crippen molar-refractivity contribution in [3.63, 3.8) is 0 Å². The Morgan fingerprint density at radius 1 is 1.21 bits per heavy atom. The highest BCUT2D eigenvalue weighted by Crippen LogP contribution is 2.17. The first-order valence-corrected chi connectivity index (χ1v) is 6.86. The second-order valence-electron chi connectivity index (χ2n) is 5.03. The van der Waals surface area contributed by atoms with Crippen molar-refractivity contribution in [2.75, 3.05) is 19.6 Å². The van der Waals surface area contributed by atoms with Crippen molar-refractivity contribution in [2.45, 2.75) is 25.7 Å². The lowest BCUT2D eigenvalue weighted by Gasteiger charge is -2.15. The summed E-state index contributed by atoms with van der Waals surface area (Å²) < 4.78 is 12.8. The summed E-state index contributed by atoms with van der Waals surface area (Å²) in [5.74, 6) is 2.54. The van der Waals surface area contributed by atoms with E-state index in [1.54, 1.807) is 0 Å². The predicted molar refractivity (Wildman–Crippen MR) is 77.3 cm³/mol. The average Bonchev–Trinajstić information content (AvgIpc) is 2.64. The number of hydrogen-bond donors (Lipinski definition) is 0. The summed E-state index contributed by atoms with van der Waals surface area (Å²) in [6.45, 7) is 2.91. The Morgan fingerprint density at radius 3 is 2.74 bits per heavy atom. The lowest BCUT2D eigenvalue weighted by atomic mass is 10.0. The van der Waals surface area contributed by atoms with Gasteiger partial charge in [0.05, 0.1) is 6.54 Å². The zero-order valence-electron chi connectivity index (χ0n) is 11.2. The molecule has 1 aromatic carbocycles. The summed E-state index contributed by atoms with van der Waals surface area (Å²) in [5.41, 5.74) is 2.67. The molecule has 0 aromatic heterocycles. The topological polar surface area (TPSA) is 3.24 Å². The molecule has 19 heavy (non-hydrogen) atoms. The summed E-state index contributed by atoms with van der Waals surface area (Å²) in [4.78, 5) is 2.33. The summed E-state index contributed by atoms with van der Waals surface area (Å²) in [7, 11) is 0. The molecule has 1 saturated heterocycles. The Kier molecular flexibility index (Phi) is 5.18. The van der Waals surface area contributed by atoms with Gasteiger partial charge in [0.2, 0.25) is 0 Å². The highest BCUT2D eigenvalue weighted by molar-refractivity contribution is 5.20. The molecule has 0 spiro atoms. The standard InChI is InChI=1S/C17H20FN/c1-2-12-19-13-3-4-15(11-14-19)5-6-16-7-9-17(18)10-8-16/h1,5,7-10H,3-4,6,11-14H2. The van der Waals surface area contributed by atoms with Crippen LogP contribution in [0.5, 0.6) is 0 Å². The van der Waals surface area contributed by atoms with Crippen LogP contribution in [0, 0.1) is 18.2 Å². The number of rotatable bonds is 3. The summed E-state index contributed by atoms with van der Waals surface area (Å²) in [6, 6.07) is 6.76. The van der Waals surface area contributed by atoms with Gasteiger partial charge in [-0.25, -0.2) is 4.39 Å². The van der Waals surface area contributed by atoms with Gasteiger partial charge in [0.25, 0.3) is 0 Å². The van der Waals surface area contributed by atoms with Crippen LogP contribution in [0.1, 0.15) is 24.8 Å². The molecule has 1 aliphatic rings. The fraction of sp³-hybridized carbons (Fsp3) is 0.412. The maximum atomic E-state index is 12.8. The molecule has 1 aromatic rings. The molecule has 0 bridgehead atoms. The molecule has 1 fully saturated rings. The molecule has 0 aliphatic carbocycles. The van der Waals surface area contributed by atoms with Crippen molar-refractivity contribution in [1.82, 2.24) is 4.90 Å². The molecule has 0 atom stereocenters. The fourth-order valence-corrected chi connectivity index (χ4v) is 2.44. The number of hydrogen-bond acceptors (Lipinski definition) is 1. The summed E-state index contributed by atoms with van der Waals surface area (Å²) in [6.07, 6.45) is 12.0. The van der Waals surface area contributed by atoms with Crippen LogP contribution in [0.2, 0.25) is 0 Å². The van der Waals surface area contributed by atoms with E-state index in [1.807, 2.05) is 12.1 Å². The lowest BCUT2D eigenvalue weighted by Crippen LogP contribution is -2.24. The van der Waals surface area contributed by atoms with Crippen molar-refractivity contribution in [2.24, 2.45) is 0 Å². The van der Waals surface area contributed by atoms with Crippen LogP contribution in [0.15, 0.2) is 35.9 Å². The summed E-state index contributed by atoms with van der Waals surface area (Å²) >= 11 is 0. The zero-order chi connectivity index (χ0) is 13.5. The zero-order valence-corrected chi connectivity index (χ0v) is 11.2. The van der Waals surface area contributed by atoms with E-state index in [4.69, 9.17) is 6.42 Å². The third kappa shape index (κ3) is 4.54. The van der Waals surface area contributed by atoms with Crippen LogP contribution < -0.4 is 0 Å². The van der Waals surface area contributed by atoms with E-state index in [1.165, 1.54) is 29.7 Å². The molecular formula is C17H20FN. The van der Waals surface area contributed by atoms with Crippen molar-refractivity contribution in [3.05, 3.63) is 47.3 Å². The van der Waals surface area contributed by atoms with Crippen LogP contribution in [-0.4, -0.2) is 24.5 Å². The number of nitrogens with zero attached hydrogens (tertiary/aromatic N) is 1. The maximum absolute atomic E-state index is 12.8. The predicted octanol–water partition coefficient (Wildman–Crippen LogP) is 3.41. The van der Waals surface area contributed by atoms with Crippen LogP contribution in [0.25, 0.3) is 0 Å². The van der Waals surface area contributed by atoms with Crippen molar-refractivity contribution >= 4 is 0 Å². The van der Waals surface area contributed by atoms with E-state index in [0.29, 0.717) is 0 Å². The van der Waals surface area contributed by atoms with Gasteiger partial charge in [-0.05, 0) is 49.9 Å². The number of likely N-dealkylation sites (tertiary alicyclic amines) is 1. The first kappa shape index (κ1) is 13.8. The molecule has 1 aliphatic heterocycles. The molecule has 0 saturated carbocycles.